The molecular formula is C10H14FN3. The summed E-state index contributed by atoms with van der Waals surface area (Å²) in [5.41, 5.74) is 0.922. The number of halogens is 1. The Morgan fingerprint density at radius 2 is 2.07 bits per heavy atom. The molecule has 1 aliphatic heterocycles. The second-order valence-corrected chi connectivity index (χ2v) is 3.56. The van der Waals surface area contributed by atoms with E-state index < -0.39 is 5.95 Å². The van der Waals surface area contributed by atoms with E-state index in [0.29, 0.717) is 0 Å². The predicted molar refractivity (Wildman–Crippen MR) is 54.0 cm³/mol. The van der Waals surface area contributed by atoms with Gasteiger partial charge in [0.15, 0.2) is 0 Å². The fourth-order valence-electron chi connectivity index (χ4n) is 1.66. The highest BCUT2D eigenvalue weighted by Gasteiger charge is 2.12. The van der Waals surface area contributed by atoms with Gasteiger partial charge in [-0.2, -0.15) is 4.39 Å². The van der Waals surface area contributed by atoms with Crippen LogP contribution in [0.1, 0.15) is 5.56 Å². The van der Waals surface area contributed by atoms with Crippen molar-refractivity contribution in [3.63, 3.8) is 0 Å². The number of hydrogen-bond donors (Lipinski definition) is 1. The maximum atomic E-state index is 13.0. The van der Waals surface area contributed by atoms with Crippen LogP contribution in [-0.2, 0) is 0 Å². The average Bonchev–Trinajstić information content (AvgIpc) is 2.18. The van der Waals surface area contributed by atoms with Crippen molar-refractivity contribution in [1.29, 1.82) is 0 Å². The van der Waals surface area contributed by atoms with Gasteiger partial charge in [0.05, 0.1) is 0 Å². The lowest BCUT2D eigenvalue weighted by Crippen LogP contribution is -2.44. The Bertz CT molecular complexity index is 301. The molecule has 0 aliphatic carbocycles. The molecule has 76 valence electrons. The van der Waals surface area contributed by atoms with E-state index in [1.807, 2.05) is 13.0 Å². The van der Waals surface area contributed by atoms with Crippen molar-refractivity contribution >= 4 is 5.82 Å². The molecule has 1 aliphatic rings. The SMILES string of the molecule is Cc1cc(F)nc(N2CCNCC2)c1. The van der Waals surface area contributed by atoms with Crippen molar-refractivity contribution in [3.05, 3.63) is 23.6 Å². The van der Waals surface area contributed by atoms with E-state index in [0.717, 1.165) is 37.6 Å². The molecule has 0 aromatic carbocycles. The third-order valence-corrected chi connectivity index (χ3v) is 2.37. The number of anilines is 1. The lowest BCUT2D eigenvalue weighted by molar-refractivity contribution is 0.559. The highest BCUT2D eigenvalue weighted by molar-refractivity contribution is 5.41. The zero-order chi connectivity index (χ0) is 9.97. The third-order valence-electron chi connectivity index (χ3n) is 2.37. The molecule has 0 unspecified atom stereocenters. The summed E-state index contributed by atoms with van der Waals surface area (Å²) in [5, 5.41) is 3.25. The van der Waals surface area contributed by atoms with E-state index in [9.17, 15) is 4.39 Å². The van der Waals surface area contributed by atoms with Crippen LogP contribution < -0.4 is 10.2 Å². The topological polar surface area (TPSA) is 28.2 Å². The van der Waals surface area contributed by atoms with Crippen LogP contribution in [0.15, 0.2) is 12.1 Å². The Morgan fingerprint density at radius 3 is 2.71 bits per heavy atom. The van der Waals surface area contributed by atoms with Gasteiger partial charge >= 0.3 is 0 Å². The first-order valence-electron chi connectivity index (χ1n) is 4.85. The smallest absolute Gasteiger partial charge is 0.215 e. The molecule has 0 saturated carbocycles. The highest BCUT2D eigenvalue weighted by Crippen LogP contribution is 2.14. The molecule has 2 rings (SSSR count). The molecular weight excluding hydrogens is 181 g/mol. The fraction of sp³-hybridized carbons (Fsp3) is 0.500. The van der Waals surface area contributed by atoms with Gasteiger partial charge in [0.2, 0.25) is 5.95 Å². The van der Waals surface area contributed by atoms with Crippen LogP contribution in [0.4, 0.5) is 10.2 Å². The molecule has 1 aromatic rings. The molecule has 14 heavy (non-hydrogen) atoms. The normalized spacial score (nSPS) is 17.1. The Labute approximate surface area is 82.9 Å². The van der Waals surface area contributed by atoms with Crippen molar-refractivity contribution in [3.8, 4) is 0 Å². The first-order chi connectivity index (χ1) is 6.75. The van der Waals surface area contributed by atoms with E-state index >= 15 is 0 Å². The standard InChI is InChI=1S/C10H14FN3/c1-8-6-9(11)13-10(7-8)14-4-2-12-3-5-14/h6-7,12H,2-5H2,1H3. The Hall–Kier alpha value is -1.16. The predicted octanol–water partition coefficient (Wildman–Crippen LogP) is 0.939. The van der Waals surface area contributed by atoms with Gasteiger partial charge < -0.3 is 10.2 Å². The number of aromatic nitrogens is 1. The lowest BCUT2D eigenvalue weighted by Gasteiger charge is -2.28. The number of pyridine rings is 1. The van der Waals surface area contributed by atoms with Crippen molar-refractivity contribution in [2.45, 2.75) is 6.92 Å². The summed E-state index contributed by atoms with van der Waals surface area (Å²) in [5.74, 6) is 0.363. The van der Waals surface area contributed by atoms with E-state index in [4.69, 9.17) is 0 Å². The molecule has 1 N–H and O–H groups in total. The summed E-state index contributed by atoms with van der Waals surface area (Å²) in [4.78, 5) is 5.99. The van der Waals surface area contributed by atoms with E-state index in [2.05, 4.69) is 15.2 Å². The summed E-state index contributed by atoms with van der Waals surface area (Å²) < 4.78 is 13.0. The monoisotopic (exact) mass is 195 g/mol. The largest absolute Gasteiger partial charge is 0.354 e. The molecule has 0 atom stereocenters. The van der Waals surface area contributed by atoms with E-state index in [1.165, 1.54) is 6.07 Å². The number of nitrogens with one attached hydrogen (secondary N) is 1. The van der Waals surface area contributed by atoms with Crippen LogP contribution in [-0.4, -0.2) is 31.2 Å². The van der Waals surface area contributed by atoms with Crippen LogP contribution in [0.2, 0.25) is 0 Å². The van der Waals surface area contributed by atoms with Crippen molar-refractivity contribution < 1.29 is 4.39 Å². The highest BCUT2D eigenvalue weighted by atomic mass is 19.1. The van der Waals surface area contributed by atoms with Gasteiger partial charge in [0.25, 0.3) is 0 Å². The summed E-state index contributed by atoms with van der Waals surface area (Å²) in [7, 11) is 0. The quantitative estimate of drug-likeness (QED) is 0.676. The Kier molecular flexibility index (Phi) is 2.63. The van der Waals surface area contributed by atoms with Crippen molar-refractivity contribution in [1.82, 2.24) is 10.3 Å². The summed E-state index contributed by atoms with van der Waals surface area (Å²) in [6.07, 6.45) is 0. The molecule has 3 nitrogen and oxygen atoms in total. The maximum absolute atomic E-state index is 13.0. The van der Waals surface area contributed by atoms with Gasteiger partial charge in [-0.15, -0.1) is 0 Å². The van der Waals surface area contributed by atoms with Crippen LogP contribution in [0.25, 0.3) is 0 Å². The average molecular weight is 195 g/mol. The molecule has 1 saturated heterocycles. The second-order valence-electron chi connectivity index (χ2n) is 3.56. The van der Waals surface area contributed by atoms with Crippen LogP contribution in [0, 0.1) is 12.9 Å². The molecule has 1 fully saturated rings. The van der Waals surface area contributed by atoms with Gasteiger partial charge in [-0.3, -0.25) is 0 Å². The molecule has 4 heteroatoms. The minimum Gasteiger partial charge on any atom is -0.354 e. The zero-order valence-corrected chi connectivity index (χ0v) is 8.26. The third kappa shape index (κ3) is 2.01. The first-order valence-corrected chi connectivity index (χ1v) is 4.85. The summed E-state index contributed by atoms with van der Waals surface area (Å²) in [6, 6.07) is 3.38. The summed E-state index contributed by atoms with van der Waals surface area (Å²) in [6.45, 7) is 5.57. The minimum absolute atomic E-state index is 0.390. The van der Waals surface area contributed by atoms with E-state index in [-0.39, 0.29) is 0 Å². The van der Waals surface area contributed by atoms with Gasteiger partial charge in [0, 0.05) is 26.2 Å². The van der Waals surface area contributed by atoms with E-state index in [1.54, 1.807) is 0 Å². The first kappa shape index (κ1) is 9.40. The van der Waals surface area contributed by atoms with Crippen LogP contribution >= 0.6 is 0 Å². The van der Waals surface area contributed by atoms with Crippen molar-refractivity contribution in [2.24, 2.45) is 0 Å². The number of piperazine rings is 1. The second kappa shape index (κ2) is 3.92. The zero-order valence-electron chi connectivity index (χ0n) is 8.26. The molecule has 0 spiro atoms. The Morgan fingerprint density at radius 1 is 1.36 bits per heavy atom. The van der Waals surface area contributed by atoms with Crippen LogP contribution in [0.5, 0.6) is 0 Å². The molecule has 0 radical (unpaired) electrons. The number of hydrogen-bond acceptors (Lipinski definition) is 3. The molecule has 0 amide bonds. The van der Waals surface area contributed by atoms with Crippen molar-refractivity contribution in [2.75, 3.05) is 31.1 Å². The Balaban J connectivity index is 2.21. The molecule has 0 bridgehead atoms. The van der Waals surface area contributed by atoms with Crippen LogP contribution in [0.3, 0.4) is 0 Å². The van der Waals surface area contributed by atoms with Gasteiger partial charge in [-0.05, 0) is 24.6 Å². The molecule has 2 heterocycles. The molecule has 1 aromatic heterocycles. The minimum atomic E-state index is -0.390. The fourth-order valence-corrected chi connectivity index (χ4v) is 1.66. The van der Waals surface area contributed by atoms with Gasteiger partial charge in [0.1, 0.15) is 5.82 Å². The number of nitrogens with zero attached hydrogens (tertiary/aromatic N) is 2. The summed E-state index contributed by atoms with van der Waals surface area (Å²) >= 11 is 0. The lowest BCUT2D eigenvalue weighted by atomic mass is 10.2. The van der Waals surface area contributed by atoms with Gasteiger partial charge in [-0.25, -0.2) is 4.98 Å². The van der Waals surface area contributed by atoms with Gasteiger partial charge in [-0.1, -0.05) is 0 Å². The number of rotatable bonds is 1. The maximum Gasteiger partial charge on any atom is 0.215 e. The number of aryl methyl sites for hydroxylation is 1.